The van der Waals surface area contributed by atoms with E-state index in [1.54, 1.807) is 151 Å². The van der Waals surface area contributed by atoms with Gasteiger partial charge in [0.15, 0.2) is 0 Å². The summed E-state index contributed by atoms with van der Waals surface area (Å²) in [4.78, 5) is 61.6. The monoisotopic (exact) mass is 1550 g/mol. The van der Waals surface area contributed by atoms with Crippen molar-refractivity contribution in [2.45, 2.75) is 200 Å². The third-order valence-corrected chi connectivity index (χ3v) is 6.51. The van der Waals surface area contributed by atoms with E-state index in [4.69, 9.17) is 10.5 Å². The second kappa shape index (κ2) is 98.5. The van der Waals surface area contributed by atoms with Crippen molar-refractivity contribution in [1.29, 1.82) is 10.5 Å². The molecule has 4 rings (SSSR count). The van der Waals surface area contributed by atoms with Gasteiger partial charge in [0.25, 0.3) is 0 Å². The van der Waals surface area contributed by atoms with Gasteiger partial charge in [0.05, 0.1) is 35.2 Å². The van der Waals surface area contributed by atoms with Gasteiger partial charge in [0.2, 0.25) is 0 Å². The van der Waals surface area contributed by atoms with Crippen LogP contribution in [0.15, 0.2) is 109 Å². The van der Waals surface area contributed by atoms with Gasteiger partial charge in [-0.2, -0.15) is 10.5 Å². The Labute approximate surface area is 637 Å². The Kier molecular flexibility index (Phi) is 156. The molecule has 0 spiro atoms. The summed E-state index contributed by atoms with van der Waals surface area (Å²) < 4.78 is 20.6. The van der Waals surface area contributed by atoms with Gasteiger partial charge in [-0.05, 0) is 61.2 Å². The maximum absolute atomic E-state index is 10.3. The SMILES string of the molecule is CC(C)[O-].CC(C)[O-].CC(C)[O-].CC(C)[O-].CC(C)[O-].CC(C)[O-].CC(C)[O-].CC(C)[O-].CC(C)[O-].CC(C)[O-].N#Cc1ccc(C(=O)[O-])cc1.N#Cc1ccc(C(=O)[O-])cc1.O=P([O-])([O-])c1ccccc1.O=P([O-])([O-])c1ccccc1.[O-2].[O-2].[O-2].[O-2].[Ti+4].[Ti+4].[Ti+4].[Ti+4].[Ti+4].[Ti+4]. The van der Waals surface area contributed by atoms with E-state index >= 15 is 0 Å². The van der Waals surface area contributed by atoms with Gasteiger partial charge >= 0.3 is 130 Å². The Balaban J connectivity index is -0.0000000343. The zero-order valence-electron chi connectivity index (χ0n) is 55.8. The van der Waals surface area contributed by atoms with Gasteiger partial charge in [0.1, 0.15) is 0 Å². The molecule has 26 nitrogen and oxygen atoms in total. The Morgan fingerprint density at radius 3 is 0.500 bits per heavy atom. The number of carbonyl (C=O) groups excluding carboxylic acids is 2. The predicted molar refractivity (Wildman–Crippen MR) is 292 cm³/mol. The fourth-order valence-electron chi connectivity index (χ4n) is 2.58. The van der Waals surface area contributed by atoms with Crippen LogP contribution in [0.4, 0.5) is 0 Å². The standard InChI is InChI=1S/2C8H5NO2.2C6H7O3P.10C3H7O.4O.6Ti/c2*9-5-6-1-3-7(4-2-6)8(10)11;2*7-10(8,9)6-4-2-1-3-5-6;10*1-3(2)4;;;;;;;;;;/h2*1-4H,(H,10,11);2*1-5H,(H2,7,8,9);10*3H,1-2H3;;;;;;;;;;/q;;;;10*-1;4*-2;6*+4/p-6. The second-order valence-electron chi connectivity index (χ2n) is 18.1. The molecule has 0 aliphatic carbocycles. The zero-order chi connectivity index (χ0) is 67.5. The third-order valence-electron chi connectivity index (χ3n) is 4.64. The summed E-state index contributed by atoms with van der Waals surface area (Å²) in [6.45, 7) is 32.2. The molecule has 0 amide bonds. The van der Waals surface area contributed by atoms with Crippen LogP contribution < -0.4 is 91.5 Å². The molecule has 0 N–H and O–H groups in total. The van der Waals surface area contributed by atoms with Gasteiger partial charge in [-0.3, -0.25) is 0 Å². The molecule has 0 aromatic heterocycles. The van der Waals surface area contributed by atoms with Crippen molar-refractivity contribution in [2.24, 2.45) is 0 Å². The number of hydrogen-bond donors (Lipinski definition) is 0. The molecule has 0 radical (unpaired) electrons. The molecule has 92 heavy (non-hydrogen) atoms. The maximum atomic E-state index is 10.3. The van der Waals surface area contributed by atoms with Crippen molar-refractivity contribution >= 4 is 37.7 Å². The molecule has 0 bridgehead atoms. The number of benzene rings is 4. The quantitative estimate of drug-likeness (QED) is 0.137. The van der Waals surface area contributed by atoms with E-state index in [1.165, 1.54) is 97.1 Å². The van der Waals surface area contributed by atoms with Crippen LogP contribution in [0.3, 0.4) is 0 Å². The summed E-state index contributed by atoms with van der Waals surface area (Å²) in [6.07, 6.45) is -4.17. The van der Waals surface area contributed by atoms with Crippen molar-refractivity contribution < 1.29 is 252 Å². The molecule has 0 atom stereocenters. The van der Waals surface area contributed by atoms with E-state index in [0.717, 1.165) is 0 Å². The maximum Gasteiger partial charge on any atom is 4.00 e. The van der Waals surface area contributed by atoms with E-state index < -0.39 is 88.2 Å². The summed E-state index contributed by atoms with van der Waals surface area (Å²) in [7, 11) is -9.04. The van der Waals surface area contributed by atoms with E-state index in [2.05, 4.69) is 0 Å². The van der Waals surface area contributed by atoms with E-state index in [9.17, 15) is 99.6 Å². The molecular weight excluding hydrogens is 1460 g/mol. The number of carboxylic acids is 2. The van der Waals surface area contributed by atoms with Gasteiger partial charge in [-0.15, -0.1) is 61.0 Å². The molecule has 0 saturated carbocycles. The van der Waals surface area contributed by atoms with E-state index in [0.29, 0.717) is 11.1 Å². The van der Waals surface area contributed by atoms with Gasteiger partial charge < -0.3 is 121 Å². The van der Waals surface area contributed by atoms with Crippen LogP contribution in [0.2, 0.25) is 0 Å². The van der Waals surface area contributed by atoms with Crippen molar-refractivity contribution in [3.63, 3.8) is 0 Å². The Morgan fingerprint density at radius 2 is 0.424 bits per heavy atom. The summed E-state index contributed by atoms with van der Waals surface area (Å²) in [5, 5.41) is 132. The summed E-state index contributed by atoms with van der Waals surface area (Å²) in [6, 6.07) is 29.3. The van der Waals surface area contributed by atoms with Crippen LogP contribution in [0.5, 0.6) is 0 Å². The van der Waals surface area contributed by atoms with E-state index in [-0.39, 0.29) is 174 Å². The molecular formula is C58H88N2O24P2Ti6. The number of carboxylic acid groups (broad SMARTS) is 2. The van der Waals surface area contributed by atoms with Crippen LogP contribution in [0.25, 0.3) is 0 Å². The number of rotatable bonds is 4. The van der Waals surface area contributed by atoms with Gasteiger partial charge in [-0.1, -0.05) is 223 Å². The molecule has 0 heterocycles. The predicted octanol–water partition coefficient (Wildman–Crippen LogP) is -4.64. The normalized spacial score (nSPS) is 8.46. The Hall–Kier alpha value is -1.17. The van der Waals surface area contributed by atoms with Crippen molar-refractivity contribution in [2.75, 3.05) is 0 Å². The molecule has 0 fully saturated rings. The summed E-state index contributed by atoms with van der Waals surface area (Å²) >= 11 is 0. The summed E-state index contributed by atoms with van der Waals surface area (Å²) in [5.74, 6) is -2.45. The molecule has 0 saturated heterocycles. The van der Waals surface area contributed by atoms with Crippen LogP contribution >= 0.6 is 15.2 Å². The molecule has 4 aromatic carbocycles. The smallest absolute Gasteiger partial charge is 2.00 e. The second-order valence-corrected chi connectivity index (χ2v) is 21.1. The average molecular weight is 1550 g/mol. The first-order valence-corrected chi connectivity index (χ1v) is 28.3. The van der Waals surface area contributed by atoms with Gasteiger partial charge in [-0.25, -0.2) is 0 Å². The van der Waals surface area contributed by atoms with Crippen LogP contribution in [-0.4, -0.2) is 73.0 Å². The zero-order valence-corrected chi connectivity index (χ0v) is 66.9. The van der Waals surface area contributed by atoms with Crippen molar-refractivity contribution in [3.8, 4) is 12.1 Å². The minimum atomic E-state index is -4.52. The molecule has 0 aliphatic heterocycles. The third kappa shape index (κ3) is 198. The minimum Gasteiger partial charge on any atom is -2.00 e. The first-order chi connectivity index (χ1) is 37.0. The largest absolute Gasteiger partial charge is 4.00 e. The molecule has 4 aromatic rings. The Bertz CT molecular complexity index is 1940. The number of carbonyl (C=O) groups is 2. The van der Waals surface area contributed by atoms with Crippen LogP contribution in [-0.2, 0) is 161 Å². The van der Waals surface area contributed by atoms with Crippen molar-refractivity contribution in [1.82, 2.24) is 0 Å². The fraction of sp³-hybridized carbons (Fsp3) is 0.517. The minimum absolute atomic E-state index is 0. The molecule has 0 unspecified atom stereocenters. The average Bonchev–Trinajstić information content (AvgIpc) is 3.28. The molecule has 0 aliphatic rings. The van der Waals surface area contributed by atoms with Crippen molar-refractivity contribution in [3.05, 3.63) is 131 Å². The topological polar surface area (TPSA) is 599 Å². The first kappa shape index (κ1) is 146. The molecule has 34 heteroatoms. The number of hydrogen-bond acceptors (Lipinski definition) is 22. The summed E-state index contributed by atoms with van der Waals surface area (Å²) in [5.41, 5.74) is 1.05. The van der Waals surface area contributed by atoms with E-state index in [1.807, 2.05) is 12.1 Å². The number of nitrogens with zero attached hydrogens (tertiary/aromatic N) is 2. The first-order valence-electron chi connectivity index (χ1n) is 25.2. The Morgan fingerprint density at radius 1 is 0.304 bits per heavy atom. The fourth-order valence-corrected chi connectivity index (χ4v) is 3.66. The van der Waals surface area contributed by atoms with Crippen LogP contribution in [0.1, 0.15) is 170 Å². The number of nitriles is 2. The van der Waals surface area contributed by atoms with Gasteiger partial charge in [0, 0.05) is 0 Å². The molecule has 508 valence electrons. The van der Waals surface area contributed by atoms with Crippen LogP contribution in [0, 0.1) is 22.7 Å². The number of aromatic carboxylic acids is 2.